The summed E-state index contributed by atoms with van der Waals surface area (Å²) in [5.74, 6) is 13.6. The molecule has 0 saturated carbocycles. The van der Waals surface area contributed by atoms with Crippen molar-refractivity contribution in [2.45, 2.75) is 50.5 Å². The van der Waals surface area contributed by atoms with Crippen LogP contribution in [0.4, 0.5) is 0 Å². The third-order valence-corrected chi connectivity index (χ3v) is 14.3. The second-order valence-corrected chi connectivity index (χ2v) is 20.9. The normalized spacial score (nSPS) is 11.2. The Morgan fingerprint density at radius 2 is 0.964 bits per heavy atom. The quantitative estimate of drug-likeness (QED) is 0.243. The third-order valence-electron chi connectivity index (χ3n) is 3.69. The average Bonchev–Trinajstić information content (AvgIpc) is 2.62. The van der Waals surface area contributed by atoms with Crippen molar-refractivity contribution in [2.75, 3.05) is 0 Å². The molecule has 0 nitrogen and oxygen atoms in total. The average molecular weight is 598 g/mol. The van der Waals surface area contributed by atoms with Crippen molar-refractivity contribution in [1.82, 2.24) is 0 Å². The van der Waals surface area contributed by atoms with Gasteiger partial charge in [0.15, 0.2) is 0 Å². The Labute approximate surface area is 188 Å². The van der Waals surface area contributed by atoms with Gasteiger partial charge in [-0.15, -0.1) is 0 Å². The van der Waals surface area contributed by atoms with Gasteiger partial charge in [0.05, 0.1) is 0 Å². The van der Waals surface area contributed by atoms with Gasteiger partial charge in [0.25, 0.3) is 0 Å². The minimum absolute atomic E-state index is 0.0391. The van der Waals surface area contributed by atoms with Crippen LogP contribution in [0.25, 0.3) is 0 Å². The number of benzene rings is 2. The first kappa shape index (κ1) is 23.4. The van der Waals surface area contributed by atoms with E-state index in [9.17, 15) is 0 Å². The van der Waals surface area contributed by atoms with Gasteiger partial charge < -0.3 is 0 Å². The summed E-state index contributed by atoms with van der Waals surface area (Å²) < 4.78 is 2.52. The molecule has 0 aliphatic rings. The van der Waals surface area contributed by atoms with Crippen LogP contribution < -0.4 is 0 Å². The molecule has 2 heteroatoms. The molecule has 2 aromatic rings. The molecule has 0 aromatic heterocycles. The molecular formula is C26H30Te2. The zero-order valence-corrected chi connectivity index (χ0v) is 22.5. The van der Waals surface area contributed by atoms with E-state index in [4.69, 9.17) is 0 Å². The van der Waals surface area contributed by atoms with E-state index >= 15 is 0 Å². The molecule has 0 aliphatic heterocycles. The van der Waals surface area contributed by atoms with E-state index in [1.54, 1.807) is 0 Å². The van der Waals surface area contributed by atoms with Crippen LogP contribution in [0, 0.1) is 34.5 Å². The number of hydrogen-bond donors (Lipinski definition) is 0. The maximum absolute atomic E-state index is 3.42. The Balaban J connectivity index is 1.99. The van der Waals surface area contributed by atoms with E-state index in [1.807, 2.05) is 0 Å². The first-order chi connectivity index (χ1) is 13.1. The summed E-state index contributed by atoms with van der Waals surface area (Å²) in [5.41, 5.74) is 5.46. The SMILES string of the molecule is CC(C)(C)C#Cc1ccccc1C[Te][Te]Cc1ccccc1C#CC(C)(C)C. The summed E-state index contributed by atoms with van der Waals surface area (Å²) in [6.45, 7) is 13.0. The standard InChI is InChI=1S/C26H30Te2/c1-25(2,3)17-15-21-11-7-9-13-23(21)19-27-28-20-24-14-10-8-12-22(24)16-18-26(4,5)6/h7-14H,19-20H2,1-6H3. The summed E-state index contributed by atoms with van der Waals surface area (Å²) in [4.78, 5) is 0. The molecule has 0 spiro atoms. The van der Waals surface area contributed by atoms with Crippen LogP contribution in [0.5, 0.6) is 0 Å². The Morgan fingerprint density at radius 1 is 0.607 bits per heavy atom. The molecule has 0 bridgehead atoms. The van der Waals surface area contributed by atoms with Crippen molar-refractivity contribution >= 4 is 34.1 Å². The van der Waals surface area contributed by atoms with Crippen LogP contribution in [0.2, 0.25) is 0 Å². The summed E-state index contributed by atoms with van der Waals surface area (Å²) in [6, 6.07) is 17.4. The molecule has 0 amide bonds. The first-order valence-electron chi connectivity index (χ1n) is 9.61. The maximum atomic E-state index is 3.42. The van der Waals surface area contributed by atoms with Gasteiger partial charge >= 0.3 is 190 Å². The van der Waals surface area contributed by atoms with E-state index in [-0.39, 0.29) is 44.9 Å². The van der Waals surface area contributed by atoms with Crippen molar-refractivity contribution in [3.8, 4) is 23.7 Å². The molecule has 2 rings (SSSR count). The molecule has 0 unspecified atom stereocenters. The molecule has 0 fully saturated rings. The molecule has 0 atom stereocenters. The number of rotatable bonds is 5. The van der Waals surface area contributed by atoms with Crippen LogP contribution >= 0.6 is 0 Å². The van der Waals surface area contributed by atoms with Gasteiger partial charge in [-0.1, -0.05) is 0 Å². The van der Waals surface area contributed by atoms with Crippen LogP contribution in [-0.4, -0.2) is 34.1 Å². The summed E-state index contributed by atoms with van der Waals surface area (Å²) in [5, 5.41) is 0. The monoisotopic (exact) mass is 602 g/mol. The summed E-state index contributed by atoms with van der Waals surface area (Å²) in [7, 11) is 0. The van der Waals surface area contributed by atoms with Gasteiger partial charge in [-0.05, 0) is 0 Å². The Hall–Kier alpha value is -0.861. The van der Waals surface area contributed by atoms with E-state index in [1.165, 1.54) is 31.2 Å². The Kier molecular flexibility index (Phi) is 9.02. The first-order valence-corrected chi connectivity index (χ1v) is 20.2. The molecule has 0 aliphatic carbocycles. The third kappa shape index (κ3) is 9.09. The zero-order valence-electron chi connectivity index (χ0n) is 17.8. The van der Waals surface area contributed by atoms with Gasteiger partial charge in [0, 0.05) is 0 Å². The predicted molar refractivity (Wildman–Crippen MR) is 124 cm³/mol. The molecule has 0 N–H and O–H groups in total. The fourth-order valence-corrected chi connectivity index (χ4v) is 12.9. The van der Waals surface area contributed by atoms with Gasteiger partial charge in [0.1, 0.15) is 0 Å². The van der Waals surface area contributed by atoms with Gasteiger partial charge in [-0.3, -0.25) is 0 Å². The molecule has 28 heavy (non-hydrogen) atoms. The van der Waals surface area contributed by atoms with Crippen molar-refractivity contribution in [3.05, 3.63) is 70.8 Å². The fraction of sp³-hybridized carbons (Fsp3) is 0.385. The van der Waals surface area contributed by atoms with Crippen molar-refractivity contribution in [1.29, 1.82) is 0 Å². The van der Waals surface area contributed by atoms with Gasteiger partial charge in [-0.25, -0.2) is 0 Å². The zero-order chi connectivity index (χ0) is 20.6. The van der Waals surface area contributed by atoms with E-state index in [2.05, 4.69) is 114 Å². The number of hydrogen-bond acceptors (Lipinski definition) is 0. The topological polar surface area (TPSA) is 0 Å². The second kappa shape index (κ2) is 10.8. The van der Waals surface area contributed by atoms with Crippen molar-refractivity contribution < 1.29 is 0 Å². The predicted octanol–water partition coefficient (Wildman–Crippen LogP) is 5.51. The molecule has 2 aromatic carbocycles. The molecule has 0 heterocycles. The minimum atomic E-state index is 0.0391. The van der Waals surface area contributed by atoms with Crippen LogP contribution in [0.1, 0.15) is 63.8 Å². The summed E-state index contributed by atoms with van der Waals surface area (Å²) in [6.07, 6.45) is 0. The Bertz CT molecular complexity index is 826. The van der Waals surface area contributed by atoms with E-state index in [0.29, 0.717) is 0 Å². The fourth-order valence-electron chi connectivity index (χ4n) is 2.26. The van der Waals surface area contributed by atoms with E-state index in [0.717, 1.165) is 0 Å². The Morgan fingerprint density at radius 3 is 1.32 bits per heavy atom. The van der Waals surface area contributed by atoms with Crippen molar-refractivity contribution in [2.24, 2.45) is 10.8 Å². The molecule has 0 radical (unpaired) electrons. The van der Waals surface area contributed by atoms with Gasteiger partial charge in [0.2, 0.25) is 0 Å². The molecule has 0 saturated heterocycles. The van der Waals surface area contributed by atoms with Crippen LogP contribution in [0.3, 0.4) is 0 Å². The van der Waals surface area contributed by atoms with E-state index < -0.39 is 0 Å². The summed E-state index contributed by atoms with van der Waals surface area (Å²) >= 11 is 0.0782. The van der Waals surface area contributed by atoms with Crippen LogP contribution in [0.15, 0.2) is 48.5 Å². The van der Waals surface area contributed by atoms with Gasteiger partial charge in [-0.2, -0.15) is 0 Å². The van der Waals surface area contributed by atoms with Crippen LogP contribution in [-0.2, 0) is 8.94 Å². The molecular weight excluding hydrogens is 567 g/mol. The second-order valence-electron chi connectivity index (χ2n) is 8.84. The van der Waals surface area contributed by atoms with Crippen molar-refractivity contribution in [3.63, 3.8) is 0 Å². The molecule has 146 valence electrons.